The summed E-state index contributed by atoms with van der Waals surface area (Å²) in [5.41, 5.74) is 0. The Bertz CT molecular complexity index is 472. The second-order valence-corrected chi connectivity index (χ2v) is 5.54. The van der Waals surface area contributed by atoms with E-state index in [4.69, 9.17) is 0 Å². The maximum absolute atomic E-state index is 4.40. The fourth-order valence-electron chi connectivity index (χ4n) is 1.94. The summed E-state index contributed by atoms with van der Waals surface area (Å²) in [6, 6.07) is 4.78. The predicted octanol–water partition coefficient (Wildman–Crippen LogP) is 2.68. The van der Waals surface area contributed by atoms with Gasteiger partial charge in [0.25, 0.3) is 0 Å². The van der Waals surface area contributed by atoms with Crippen LogP contribution in [0.25, 0.3) is 0 Å². The zero-order valence-corrected chi connectivity index (χ0v) is 11.4. The third-order valence-corrected chi connectivity index (χ3v) is 3.98. The van der Waals surface area contributed by atoms with Crippen molar-refractivity contribution in [2.45, 2.75) is 26.3 Å². The molecular formula is C13H19N3S. The van der Waals surface area contributed by atoms with E-state index in [2.05, 4.69) is 40.8 Å². The molecule has 1 N–H and O–H groups in total. The monoisotopic (exact) mass is 249 g/mol. The van der Waals surface area contributed by atoms with E-state index in [1.54, 1.807) is 0 Å². The van der Waals surface area contributed by atoms with E-state index in [0.29, 0.717) is 6.04 Å². The van der Waals surface area contributed by atoms with Crippen molar-refractivity contribution in [3.05, 3.63) is 40.1 Å². The van der Waals surface area contributed by atoms with Gasteiger partial charge in [-0.2, -0.15) is 0 Å². The highest BCUT2D eigenvalue weighted by Gasteiger charge is 2.15. The number of aryl methyl sites for hydroxylation is 2. The summed E-state index contributed by atoms with van der Waals surface area (Å²) >= 11 is 1.86. The first kappa shape index (κ1) is 12.3. The molecule has 3 nitrogen and oxygen atoms in total. The fraction of sp³-hybridized carbons (Fsp3) is 0.462. The first-order valence-corrected chi connectivity index (χ1v) is 6.78. The van der Waals surface area contributed by atoms with E-state index in [0.717, 1.165) is 18.8 Å². The quantitative estimate of drug-likeness (QED) is 0.883. The Kier molecular flexibility index (Phi) is 3.97. The van der Waals surface area contributed by atoms with Crippen LogP contribution in [0.15, 0.2) is 24.5 Å². The topological polar surface area (TPSA) is 29.9 Å². The summed E-state index contributed by atoms with van der Waals surface area (Å²) in [5, 5.41) is 3.53. The molecule has 4 heteroatoms. The Hall–Kier alpha value is -1.13. The van der Waals surface area contributed by atoms with Gasteiger partial charge in [0.2, 0.25) is 0 Å². The fourth-order valence-corrected chi connectivity index (χ4v) is 2.89. The van der Waals surface area contributed by atoms with E-state index in [1.807, 2.05) is 30.8 Å². The lowest BCUT2D eigenvalue weighted by Crippen LogP contribution is -2.23. The van der Waals surface area contributed by atoms with E-state index >= 15 is 0 Å². The van der Waals surface area contributed by atoms with Crippen LogP contribution in [0.3, 0.4) is 0 Å². The summed E-state index contributed by atoms with van der Waals surface area (Å²) in [5.74, 6) is 1.13. The maximum atomic E-state index is 4.40. The van der Waals surface area contributed by atoms with Crippen molar-refractivity contribution in [1.82, 2.24) is 14.9 Å². The summed E-state index contributed by atoms with van der Waals surface area (Å²) < 4.78 is 2.09. The minimum Gasteiger partial charge on any atom is -0.338 e. The number of nitrogens with zero attached hydrogens (tertiary/aromatic N) is 2. The van der Waals surface area contributed by atoms with Crippen LogP contribution >= 0.6 is 11.3 Å². The van der Waals surface area contributed by atoms with Gasteiger partial charge in [-0.25, -0.2) is 4.98 Å². The Morgan fingerprint density at radius 1 is 1.47 bits per heavy atom. The van der Waals surface area contributed by atoms with Gasteiger partial charge in [-0.05, 0) is 25.6 Å². The van der Waals surface area contributed by atoms with Crippen molar-refractivity contribution in [1.29, 1.82) is 0 Å². The zero-order chi connectivity index (χ0) is 12.3. The van der Waals surface area contributed by atoms with E-state index in [9.17, 15) is 0 Å². The second-order valence-electron chi connectivity index (χ2n) is 4.22. The third kappa shape index (κ3) is 2.96. The number of thiophene rings is 1. The molecule has 0 bridgehead atoms. The Morgan fingerprint density at radius 2 is 2.29 bits per heavy atom. The first-order valence-electron chi connectivity index (χ1n) is 5.96. The molecule has 0 aromatic carbocycles. The number of hydrogen-bond acceptors (Lipinski definition) is 3. The van der Waals surface area contributed by atoms with Crippen LogP contribution in [0.5, 0.6) is 0 Å². The molecule has 0 saturated heterocycles. The number of hydrogen-bond donors (Lipinski definition) is 1. The smallest absolute Gasteiger partial charge is 0.110 e. The lowest BCUT2D eigenvalue weighted by atomic mass is 10.1. The molecule has 0 aliphatic heterocycles. The molecule has 1 unspecified atom stereocenters. The number of aromatic nitrogens is 2. The highest BCUT2D eigenvalue weighted by atomic mass is 32.1. The molecule has 0 aliphatic carbocycles. The Labute approximate surface area is 107 Å². The summed E-state index contributed by atoms with van der Waals surface area (Å²) in [7, 11) is 2.05. The lowest BCUT2D eigenvalue weighted by molar-refractivity contribution is 0.536. The number of nitrogens with one attached hydrogen (secondary N) is 1. The van der Waals surface area contributed by atoms with Gasteiger partial charge in [-0.3, -0.25) is 0 Å². The van der Waals surface area contributed by atoms with Crippen LogP contribution in [-0.2, 0) is 13.5 Å². The zero-order valence-electron chi connectivity index (χ0n) is 10.6. The van der Waals surface area contributed by atoms with Crippen LogP contribution in [0, 0.1) is 6.92 Å². The summed E-state index contributed by atoms with van der Waals surface area (Å²) in [6.45, 7) is 5.27. The van der Waals surface area contributed by atoms with E-state index in [-0.39, 0.29) is 0 Å². The molecule has 0 radical (unpaired) electrons. The average molecular weight is 249 g/mol. The largest absolute Gasteiger partial charge is 0.338 e. The van der Waals surface area contributed by atoms with Crippen molar-refractivity contribution in [2.24, 2.45) is 7.05 Å². The Morgan fingerprint density at radius 3 is 2.82 bits per heavy atom. The molecule has 2 aromatic rings. The molecule has 2 rings (SSSR count). The van der Waals surface area contributed by atoms with Crippen LogP contribution in [0.2, 0.25) is 0 Å². The molecule has 0 amide bonds. The first-order chi connectivity index (χ1) is 8.20. The van der Waals surface area contributed by atoms with Gasteiger partial charge in [0.1, 0.15) is 5.82 Å². The van der Waals surface area contributed by atoms with Crippen molar-refractivity contribution < 1.29 is 0 Å². The van der Waals surface area contributed by atoms with Crippen LogP contribution in [0.1, 0.15) is 28.5 Å². The van der Waals surface area contributed by atoms with Crippen molar-refractivity contribution in [2.75, 3.05) is 6.54 Å². The van der Waals surface area contributed by atoms with Gasteiger partial charge < -0.3 is 9.88 Å². The van der Waals surface area contributed by atoms with Crippen molar-refractivity contribution in [3.63, 3.8) is 0 Å². The molecular weight excluding hydrogens is 230 g/mol. The van der Waals surface area contributed by atoms with Crippen molar-refractivity contribution >= 4 is 11.3 Å². The van der Waals surface area contributed by atoms with Gasteiger partial charge in [0.05, 0.1) is 0 Å². The van der Waals surface area contributed by atoms with Gasteiger partial charge in [-0.15, -0.1) is 11.3 Å². The lowest BCUT2D eigenvalue weighted by Gasteiger charge is -2.16. The third-order valence-electron chi connectivity index (χ3n) is 2.86. The molecule has 0 fully saturated rings. The van der Waals surface area contributed by atoms with E-state index in [1.165, 1.54) is 9.75 Å². The maximum Gasteiger partial charge on any atom is 0.110 e. The van der Waals surface area contributed by atoms with E-state index < -0.39 is 0 Å². The molecule has 2 heterocycles. The highest BCUT2D eigenvalue weighted by Crippen LogP contribution is 2.25. The molecule has 2 aromatic heterocycles. The predicted molar refractivity (Wildman–Crippen MR) is 72.4 cm³/mol. The second kappa shape index (κ2) is 5.47. The summed E-state index contributed by atoms with van der Waals surface area (Å²) in [6.07, 6.45) is 4.80. The number of likely N-dealkylation sites (N-methyl/N-ethyl adjacent to an activating group) is 1. The molecule has 17 heavy (non-hydrogen) atoms. The Balaban J connectivity index is 2.15. The summed E-state index contributed by atoms with van der Waals surface area (Å²) in [4.78, 5) is 7.16. The number of rotatable bonds is 5. The molecule has 0 spiro atoms. The molecule has 92 valence electrons. The average Bonchev–Trinajstić information content (AvgIpc) is 2.88. The van der Waals surface area contributed by atoms with Gasteiger partial charge >= 0.3 is 0 Å². The minimum atomic E-state index is 0.375. The normalized spacial score (nSPS) is 12.9. The van der Waals surface area contributed by atoms with Gasteiger partial charge in [-0.1, -0.05) is 6.92 Å². The van der Waals surface area contributed by atoms with Crippen LogP contribution in [0.4, 0.5) is 0 Å². The van der Waals surface area contributed by atoms with Gasteiger partial charge in [0, 0.05) is 41.7 Å². The molecule has 1 atom stereocenters. The van der Waals surface area contributed by atoms with Gasteiger partial charge in [0.15, 0.2) is 0 Å². The van der Waals surface area contributed by atoms with Crippen LogP contribution < -0.4 is 5.32 Å². The highest BCUT2D eigenvalue weighted by molar-refractivity contribution is 7.12. The number of imidazole rings is 1. The van der Waals surface area contributed by atoms with Crippen molar-refractivity contribution in [3.8, 4) is 0 Å². The minimum absolute atomic E-state index is 0.375. The van der Waals surface area contributed by atoms with Crippen LogP contribution in [-0.4, -0.2) is 16.1 Å². The molecule has 0 saturated carbocycles. The standard InChI is InChI=1S/C13H19N3S/c1-4-14-11(12-6-5-10(2)17-12)9-13-15-7-8-16(13)3/h5-8,11,14H,4,9H2,1-3H3. The SMILES string of the molecule is CCNC(Cc1nccn1C)c1ccc(C)s1. The molecule has 0 aliphatic rings.